The zero-order chi connectivity index (χ0) is 16.8. The van der Waals surface area contributed by atoms with Gasteiger partial charge in [-0.1, -0.05) is 12.1 Å². The second-order valence-corrected chi connectivity index (χ2v) is 5.38. The van der Waals surface area contributed by atoms with E-state index < -0.39 is 29.7 Å². The van der Waals surface area contributed by atoms with Crippen molar-refractivity contribution in [2.75, 3.05) is 5.73 Å². The Morgan fingerprint density at radius 1 is 1.30 bits per heavy atom. The number of rotatable bonds is 2. The molecule has 1 aliphatic rings. The van der Waals surface area contributed by atoms with E-state index in [9.17, 15) is 23.1 Å². The topological polar surface area (TPSA) is 94.0 Å². The number of nitrogens with two attached hydrogens (primary N) is 1. The SMILES string of the molecule is Nc1nc2n(n1)C(C(=O)O)C(c1ccc(C(F)(F)F)cc1)CC2. The highest BCUT2D eigenvalue weighted by Crippen LogP contribution is 2.38. The first-order chi connectivity index (χ1) is 10.8. The van der Waals surface area contributed by atoms with E-state index >= 15 is 0 Å². The van der Waals surface area contributed by atoms with Gasteiger partial charge in [-0.2, -0.15) is 18.2 Å². The van der Waals surface area contributed by atoms with Crippen LogP contribution in [0.1, 0.15) is 35.3 Å². The first-order valence-electron chi connectivity index (χ1n) is 6.88. The Morgan fingerprint density at radius 3 is 2.52 bits per heavy atom. The van der Waals surface area contributed by atoms with E-state index in [1.165, 1.54) is 16.8 Å². The second kappa shape index (κ2) is 5.25. The molecule has 9 heteroatoms. The Bertz CT molecular complexity index is 739. The van der Waals surface area contributed by atoms with Crippen molar-refractivity contribution in [3.05, 3.63) is 41.2 Å². The molecule has 2 aromatic rings. The number of nitrogen functional groups attached to an aromatic ring is 1. The van der Waals surface area contributed by atoms with Crippen LogP contribution in [0.2, 0.25) is 0 Å². The highest BCUT2D eigenvalue weighted by Gasteiger charge is 2.38. The van der Waals surface area contributed by atoms with Crippen molar-refractivity contribution in [1.82, 2.24) is 14.8 Å². The number of carbonyl (C=O) groups is 1. The van der Waals surface area contributed by atoms with Gasteiger partial charge in [-0.15, -0.1) is 5.10 Å². The van der Waals surface area contributed by atoms with Crippen LogP contribution in [0, 0.1) is 0 Å². The molecule has 23 heavy (non-hydrogen) atoms. The van der Waals surface area contributed by atoms with Gasteiger partial charge in [0.05, 0.1) is 5.56 Å². The lowest BCUT2D eigenvalue weighted by Gasteiger charge is -2.29. The molecular formula is C14H13F3N4O2. The third-order valence-corrected chi connectivity index (χ3v) is 3.96. The molecule has 0 bridgehead atoms. The minimum atomic E-state index is -4.43. The Labute approximate surface area is 128 Å². The number of hydrogen-bond acceptors (Lipinski definition) is 4. The summed E-state index contributed by atoms with van der Waals surface area (Å²) in [7, 11) is 0. The predicted molar refractivity (Wildman–Crippen MR) is 73.6 cm³/mol. The fourth-order valence-corrected chi connectivity index (χ4v) is 2.93. The molecule has 122 valence electrons. The van der Waals surface area contributed by atoms with Gasteiger partial charge >= 0.3 is 12.1 Å². The number of fused-ring (bicyclic) bond motifs is 1. The molecule has 0 aliphatic carbocycles. The van der Waals surface area contributed by atoms with E-state index in [1.54, 1.807) is 0 Å². The molecule has 0 spiro atoms. The zero-order valence-corrected chi connectivity index (χ0v) is 11.8. The second-order valence-electron chi connectivity index (χ2n) is 5.38. The fourth-order valence-electron chi connectivity index (χ4n) is 2.93. The van der Waals surface area contributed by atoms with Gasteiger partial charge in [0.25, 0.3) is 0 Å². The smallest absolute Gasteiger partial charge is 0.416 e. The molecule has 2 heterocycles. The first kappa shape index (κ1) is 15.3. The van der Waals surface area contributed by atoms with Crippen molar-refractivity contribution in [3.8, 4) is 0 Å². The van der Waals surface area contributed by atoms with Gasteiger partial charge in [0.1, 0.15) is 5.82 Å². The summed E-state index contributed by atoms with van der Waals surface area (Å²) in [5.41, 5.74) is 5.26. The maximum absolute atomic E-state index is 12.6. The Hall–Kier alpha value is -2.58. The molecule has 1 aromatic heterocycles. The molecule has 0 amide bonds. The molecule has 2 atom stereocenters. The highest BCUT2D eigenvalue weighted by molar-refractivity contribution is 5.73. The van der Waals surface area contributed by atoms with Crippen LogP contribution in [0.5, 0.6) is 0 Å². The highest BCUT2D eigenvalue weighted by atomic mass is 19.4. The Morgan fingerprint density at radius 2 is 1.96 bits per heavy atom. The lowest BCUT2D eigenvalue weighted by molar-refractivity contribution is -0.142. The van der Waals surface area contributed by atoms with Gasteiger partial charge in [-0.05, 0) is 24.1 Å². The van der Waals surface area contributed by atoms with Crippen molar-refractivity contribution in [1.29, 1.82) is 0 Å². The lowest BCUT2D eigenvalue weighted by atomic mass is 9.84. The van der Waals surface area contributed by atoms with Gasteiger partial charge < -0.3 is 10.8 Å². The van der Waals surface area contributed by atoms with Gasteiger partial charge in [0.2, 0.25) is 5.95 Å². The number of halogens is 3. The maximum atomic E-state index is 12.6. The van der Waals surface area contributed by atoms with E-state index in [0.29, 0.717) is 24.2 Å². The molecule has 1 aromatic carbocycles. The molecule has 2 unspecified atom stereocenters. The first-order valence-corrected chi connectivity index (χ1v) is 6.88. The van der Waals surface area contributed by atoms with Gasteiger partial charge in [0.15, 0.2) is 6.04 Å². The van der Waals surface area contributed by atoms with Crippen LogP contribution in [-0.2, 0) is 17.4 Å². The van der Waals surface area contributed by atoms with E-state index in [0.717, 1.165) is 12.1 Å². The van der Waals surface area contributed by atoms with Crippen molar-refractivity contribution < 1.29 is 23.1 Å². The van der Waals surface area contributed by atoms with Gasteiger partial charge in [0, 0.05) is 12.3 Å². The number of alkyl halides is 3. The number of aliphatic carboxylic acids is 1. The van der Waals surface area contributed by atoms with E-state index in [2.05, 4.69) is 10.1 Å². The number of nitrogens with zero attached hydrogens (tertiary/aromatic N) is 3. The normalized spacial score (nSPS) is 21.0. The molecule has 3 N–H and O–H groups in total. The molecule has 0 fully saturated rings. The number of anilines is 1. The van der Waals surface area contributed by atoms with Crippen LogP contribution in [0.4, 0.5) is 19.1 Å². The van der Waals surface area contributed by atoms with Crippen molar-refractivity contribution in [2.45, 2.75) is 31.0 Å². The van der Waals surface area contributed by atoms with E-state index in [4.69, 9.17) is 5.73 Å². The van der Waals surface area contributed by atoms with Crippen LogP contribution >= 0.6 is 0 Å². The summed E-state index contributed by atoms with van der Waals surface area (Å²) in [5, 5.41) is 13.4. The van der Waals surface area contributed by atoms with Crippen molar-refractivity contribution in [2.24, 2.45) is 0 Å². The summed E-state index contributed by atoms with van der Waals surface area (Å²) in [5.74, 6) is -1.17. The number of aryl methyl sites for hydroxylation is 1. The van der Waals surface area contributed by atoms with Crippen LogP contribution in [-0.4, -0.2) is 25.8 Å². The largest absolute Gasteiger partial charge is 0.480 e. The summed E-state index contributed by atoms with van der Waals surface area (Å²) in [4.78, 5) is 15.6. The molecule has 1 aliphatic heterocycles. The zero-order valence-electron chi connectivity index (χ0n) is 11.8. The van der Waals surface area contributed by atoms with Crippen LogP contribution < -0.4 is 5.73 Å². The average Bonchev–Trinajstić information content (AvgIpc) is 2.85. The molecule has 0 saturated heterocycles. The maximum Gasteiger partial charge on any atom is 0.416 e. The number of aromatic nitrogens is 3. The third kappa shape index (κ3) is 2.73. The fraction of sp³-hybridized carbons (Fsp3) is 0.357. The van der Waals surface area contributed by atoms with Gasteiger partial charge in [-0.25, -0.2) is 9.48 Å². The van der Waals surface area contributed by atoms with Crippen molar-refractivity contribution in [3.63, 3.8) is 0 Å². The standard InChI is InChI=1S/C14H13F3N4O2/c15-14(16,17)8-3-1-7(2-4-8)9-5-6-10-19-13(18)20-21(10)11(9)12(22)23/h1-4,9,11H,5-6H2,(H2,18,20)(H,22,23). The third-order valence-electron chi connectivity index (χ3n) is 3.96. The van der Waals surface area contributed by atoms with E-state index in [-0.39, 0.29) is 5.95 Å². The lowest BCUT2D eigenvalue weighted by Crippen LogP contribution is -2.32. The minimum absolute atomic E-state index is 0.0145. The summed E-state index contributed by atoms with van der Waals surface area (Å²) >= 11 is 0. The molecule has 6 nitrogen and oxygen atoms in total. The number of carboxylic acid groups (broad SMARTS) is 1. The van der Waals surface area contributed by atoms with Crippen LogP contribution in [0.15, 0.2) is 24.3 Å². The number of benzene rings is 1. The predicted octanol–water partition coefficient (Wildman–Crippen LogP) is 2.23. The number of hydrogen-bond donors (Lipinski definition) is 2. The molecular weight excluding hydrogens is 313 g/mol. The summed E-state index contributed by atoms with van der Waals surface area (Å²) in [6.07, 6.45) is -3.52. The Kier molecular flexibility index (Phi) is 3.50. The average molecular weight is 326 g/mol. The van der Waals surface area contributed by atoms with Crippen molar-refractivity contribution >= 4 is 11.9 Å². The monoisotopic (exact) mass is 326 g/mol. The van der Waals surface area contributed by atoms with E-state index in [1.807, 2.05) is 0 Å². The molecule has 3 rings (SSSR count). The quantitative estimate of drug-likeness (QED) is 0.882. The number of carboxylic acids is 1. The van der Waals surface area contributed by atoms with Crippen LogP contribution in [0.3, 0.4) is 0 Å². The minimum Gasteiger partial charge on any atom is -0.480 e. The summed E-state index contributed by atoms with van der Waals surface area (Å²) in [6.45, 7) is 0. The van der Waals surface area contributed by atoms with Gasteiger partial charge in [-0.3, -0.25) is 0 Å². The van der Waals surface area contributed by atoms with Crippen LogP contribution in [0.25, 0.3) is 0 Å². The molecule has 0 saturated carbocycles. The summed E-state index contributed by atoms with van der Waals surface area (Å²) in [6, 6.07) is 3.50. The Balaban J connectivity index is 1.97. The molecule has 0 radical (unpaired) electrons. The summed E-state index contributed by atoms with van der Waals surface area (Å²) < 4.78 is 39.2.